The van der Waals surface area contributed by atoms with Crippen molar-refractivity contribution in [2.75, 3.05) is 0 Å². The maximum atomic E-state index is 11.3. The minimum atomic E-state index is -0.305. The molecule has 3 heteroatoms. The van der Waals surface area contributed by atoms with Gasteiger partial charge in [0.15, 0.2) is 0 Å². The van der Waals surface area contributed by atoms with Gasteiger partial charge in [0.1, 0.15) is 6.29 Å². The van der Waals surface area contributed by atoms with E-state index in [0.29, 0.717) is 10.0 Å². The summed E-state index contributed by atoms with van der Waals surface area (Å²) in [5.74, 6) is -0.305. The van der Waals surface area contributed by atoms with Crippen LogP contribution in [0.2, 0.25) is 10.0 Å². The number of halogens is 2. The predicted molar refractivity (Wildman–Crippen MR) is 75.5 cm³/mol. The number of carbonyl (C=O) groups is 1. The molecule has 0 saturated carbocycles. The number of carbonyl (C=O) groups excluding carboxylic acids is 1. The Balaban J connectivity index is 2.41. The summed E-state index contributed by atoms with van der Waals surface area (Å²) in [5.41, 5.74) is 2.97. The largest absolute Gasteiger partial charge is 0.302 e. The fraction of sp³-hybridized carbons (Fsp3) is 0.133. The van der Waals surface area contributed by atoms with Crippen molar-refractivity contribution in [1.82, 2.24) is 0 Å². The van der Waals surface area contributed by atoms with Gasteiger partial charge in [-0.1, -0.05) is 59.1 Å². The lowest BCUT2D eigenvalue weighted by atomic mass is 9.92. The Morgan fingerprint density at radius 1 is 0.944 bits per heavy atom. The average molecular weight is 279 g/mol. The Bertz CT molecular complexity index is 561. The second-order valence-corrected chi connectivity index (χ2v) is 5.01. The molecule has 0 fully saturated rings. The highest BCUT2D eigenvalue weighted by molar-refractivity contribution is 6.42. The molecule has 2 aromatic rings. The number of benzene rings is 2. The van der Waals surface area contributed by atoms with Crippen molar-refractivity contribution in [2.45, 2.75) is 12.8 Å². The summed E-state index contributed by atoms with van der Waals surface area (Å²) in [6.07, 6.45) is 0.921. The molecular formula is C15H12Cl2O. The van der Waals surface area contributed by atoms with E-state index in [2.05, 4.69) is 0 Å². The SMILES string of the molecule is Cc1ccc(C(C=O)c2ccc(Cl)c(Cl)c2)cc1. The summed E-state index contributed by atoms with van der Waals surface area (Å²) in [7, 11) is 0. The van der Waals surface area contributed by atoms with Gasteiger partial charge in [0.05, 0.1) is 16.0 Å². The highest BCUT2D eigenvalue weighted by Gasteiger charge is 2.14. The van der Waals surface area contributed by atoms with Crippen LogP contribution in [0.1, 0.15) is 22.6 Å². The molecule has 0 aliphatic heterocycles. The van der Waals surface area contributed by atoms with Gasteiger partial charge in [-0.3, -0.25) is 0 Å². The van der Waals surface area contributed by atoms with Gasteiger partial charge in [0.2, 0.25) is 0 Å². The van der Waals surface area contributed by atoms with Gasteiger partial charge in [0, 0.05) is 0 Å². The molecule has 2 aromatic carbocycles. The predicted octanol–water partition coefficient (Wildman–Crippen LogP) is 4.63. The Morgan fingerprint density at radius 2 is 1.56 bits per heavy atom. The molecule has 0 aliphatic carbocycles. The second kappa shape index (κ2) is 5.55. The molecular weight excluding hydrogens is 267 g/mol. The first-order valence-corrected chi connectivity index (χ1v) is 6.34. The van der Waals surface area contributed by atoms with Crippen molar-refractivity contribution in [3.05, 3.63) is 69.2 Å². The monoisotopic (exact) mass is 278 g/mol. The van der Waals surface area contributed by atoms with E-state index in [0.717, 1.165) is 23.0 Å². The first kappa shape index (κ1) is 13.1. The van der Waals surface area contributed by atoms with Crippen molar-refractivity contribution < 1.29 is 4.79 Å². The molecule has 0 aliphatic rings. The maximum absolute atomic E-state index is 11.3. The molecule has 1 atom stereocenters. The van der Waals surface area contributed by atoms with Gasteiger partial charge in [0.25, 0.3) is 0 Å². The lowest BCUT2D eigenvalue weighted by Gasteiger charge is -2.12. The number of aryl methyl sites for hydroxylation is 1. The third kappa shape index (κ3) is 2.74. The molecule has 0 bridgehead atoms. The van der Waals surface area contributed by atoms with E-state index in [4.69, 9.17) is 23.2 Å². The number of aldehydes is 1. The Kier molecular flexibility index (Phi) is 4.05. The zero-order valence-electron chi connectivity index (χ0n) is 9.86. The van der Waals surface area contributed by atoms with E-state index in [1.807, 2.05) is 37.3 Å². The summed E-state index contributed by atoms with van der Waals surface area (Å²) < 4.78 is 0. The fourth-order valence-corrected chi connectivity index (χ4v) is 2.14. The van der Waals surface area contributed by atoms with Crippen LogP contribution in [0.3, 0.4) is 0 Å². The van der Waals surface area contributed by atoms with Crippen LogP contribution in [0.5, 0.6) is 0 Å². The lowest BCUT2D eigenvalue weighted by Crippen LogP contribution is -2.02. The van der Waals surface area contributed by atoms with Crippen LogP contribution in [0.25, 0.3) is 0 Å². The van der Waals surface area contributed by atoms with Crippen LogP contribution in [0.4, 0.5) is 0 Å². The molecule has 92 valence electrons. The van der Waals surface area contributed by atoms with Crippen molar-refractivity contribution in [3.63, 3.8) is 0 Å². The van der Waals surface area contributed by atoms with Gasteiger partial charge in [-0.15, -0.1) is 0 Å². The minimum absolute atomic E-state index is 0.305. The topological polar surface area (TPSA) is 17.1 Å². The van der Waals surface area contributed by atoms with Gasteiger partial charge in [-0.05, 0) is 30.2 Å². The van der Waals surface area contributed by atoms with Gasteiger partial charge in [-0.25, -0.2) is 0 Å². The summed E-state index contributed by atoms with van der Waals surface area (Å²) >= 11 is 11.9. The van der Waals surface area contributed by atoms with Crippen molar-refractivity contribution in [3.8, 4) is 0 Å². The van der Waals surface area contributed by atoms with Crippen LogP contribution < -0.4 is 0 Å². The second-order valence-electron chi connectivity index (χ2n) is 4.20. The summed E-state index contributed by atoms with van der Waals surface area (Å²) in [6.45, 7) is 2.01. The standard InChI is InChI=1S/C15H12Cl2O/c1-10-2-4-11(5-3-10)13(9-18)12-6-7-14(16)15(17)8-12/h2-9,13H,1H3. The average Bonchev–Trinajstić information content (AvgIpc) is 2.37. The van der Waals surface area contributed by atoms with E-state index >= 15 is 0 Å². The molecule has 18 heavy (non-hydrogen) atoms. The molecule has 0 saturated heterocycles. The van der Waals surface area contributed by atoms with E-state index in [1.54, 1.807) is 12.1 Å². The summed E-state index contributed by atoms with van der Waals surface area (Å²) in [4.78, 5) is 11.3. The molecule has 0 spiro atoms. The van der Waals surface area contributed by atoms with Crippen LogP contribution in [-0.2, 0) is 4.79 Å². The maximum Gasteiger partial charge on any atom is 0.131 e. The van der Waals surface area contributed by atoms with E-state index in [1.165, 1.54) is 0 Å². The smallest absolute Gasteiger partial charge is 0.131 e. The van der Waals surface area contributed by atoms with Crippen LogP contribution >= 0.6 is 23.2 Å². The first-order valence-electron chi connectivity index (χ1n) is 5.58. The highest BCUT2D eigenvalue weighted by Crippen LogP contribution is 2.29. The van der Waals surface area contributed by atoms with Crippen LogP contribution in [-0.4, -0.2) is 6.29 Å². The molecule has 1 nitrogen and oxygen atoms in total. The molecule has 0 amide bonds. The van der Waals surface area contributed by atoms with Crippen molar-refractivity contribution >= 4 is 29.5 Å². The quantitative estimate of drug-likeness (QED) is 0.748. The van der Waals surface area contributed by atoms with E-state index in [-0.39, 0.29) is 5.92 Å². The lowest BCUT2D eigenvalue weighted by molar-refractivity contribution is -0.108. The fourth-order valence-electron chi connectivity index (χ4n) is 1.83. The highest BCUT2D eigenvalue weighted by atomic mass is 35.5. The molecule has 0 N–H and O–H groups in total. The van der Waals surface area contributed by atoms with Crippen molar-refractivity contribution in [1.29, 1.82) is 0 Å². The third-order valence-electron chi connectivity index (χ3n) is 2.88. The summed E-state index contributed by atoms with van der Waals surface area (Å²) in [6, 6.07) is 13.2. The van der Waals surface area contributed by atoms with Gasteiger partial charge >= 0.3 is 0 Å². The molecule has 2 rings (SSSR count). The normalized spacial score (nSPS) is 12.2. The molecule has 0 aromatic heterocycles. The Labute approximate surface area is 116 Å². The number of hydrogen-bond acceptors (Lipinski definition) is 1. The Morgan fingerprint density at radius 3 is 2.11 bits per heavy atom. The number of rotatable bonds is 3. The van der Waals surface area contributed by atoms with Crippen LogP contribution in [0.15, 0.2) is 42.5 Å². The summed E-state index contributed by atoms with van der Waals surface area (Å²) in [5, 5.41) is 0.960. The third-order valence-corrected chi connectivity index (χ3v) is 3.61. The molecule has 1 unspecified atom stereocenters. The van der Waals surface area contributed by atoms with E-state index in [9.17, 15) is 4.79 Å². The van der Waals surface area contributed by atoms with Crippen LogP contribution in [0, 0.1) is 6.92 Å². The zero-order valence-corrected chi connectivity index (χ0v) is 11.4. The van der Waals surface area contributed by atoms with Gasteiger partial charge < -0.3 is 4.79 Å². The minimum Gasteiger partial charge on any atom is -0.302 e. The zero-order chi connectivity index (χ0) is 13.1. The van der Waals surface area contributed by atoms with Crippen molar-refractivity contribution in [2.24, 2.45) is 0 Å². The molecule has 0 heterocycles. The first-order chi connectivity index (χ1) is 8.61. The van der Waals surface area contributed by atoms with Gasteiger partial charge in [-0.2, -0.15) is 0 Å². The molecule has 0 radical (unpaired) electrons. The van der Waals surface area contributed by atoms with E-state index < -0.39 is 0 Å². The Hall–Kier alpha value is -1.31. The number of hydrogen-bond donors (Lipinski definition) is 0.